The topological polar surface area (TPSA) is 108 Å². The van der Waals surface area contributed by atoms with Crippen molar-refractivity contribution in [3.8, 4) is 0 Å². The van der Waals surface area contributed by atoms with Crippen molar-refractivity contribution in [1.29, 1.82) is 0 Å². The summed E-state index contributed by atoms with van der Waals surface area (Å²) in [6, 6.07) is 9.30. The van der Waals surface area contributed by atoms with Gasteiger partial charge in [0.25, 0.3) is 5.91 Å². The number of amides is 5. The largest absolute Gasteiger partial charge is 0.446 e. The van der Waals surface area contributed by atoms with Gasteiger partial charge in [-0.05, 0) is 65.9 Å². The zero-order chi connectivity index (χ0) is 27.6. The fourth-order valence-corrected chi connectivity index (χ4v) is 4.39. The Balaban J connectivity index is 1.44. The molecule has 196 valence electrons. The number of carbonyl (C=O) groups excluding carboxylic acids is 3. The van der Waals surface area contributed by atoms with Crippen LogP contribution in [0.25, 0.3) is 0 Å². The van der Waals surface area contributed by atoms with Crippen molar-refractivity contribution in [3.63, 3.8) is 0 Å². The lowest BCUT2D eigenvalue weighted by molar-refractivity contribution is -0.114. The number of hydrogen-bond donors (Lipinski definition) is 2. The average Bonchev–Trinajstić information content (AvgIpc) is 3.01. The lowest BCUT2D eigenvalue weighted by Crippen LogP contribution is -2.32. The maximum absolute atomic E-state index is 13.0. The summed E-state index contributed by atoms with van der Waals surface area (Å²) in [5, 5.41) is 5.23. The monoisotopic (exact) mass is 582 g/mol. The van der Waals surface area contributed by atoms with E-state index < -0.39 is 23.5 Å². The summed E-state index contributed by atoms with van der Waals surface area (Å²) < 4.78 is 37.8. The van der Waals surface area contributed by atoms with E-state index in [-0.39, 0.29) is 50.7 Å². The van der Waals surface area contributed by atoms with Crippen LogP contribution in [0.5, 0.6) is 0 Å². The molecule has 1 aliphatic heterocycles. The minimum absolute atomic E-state index is 0.0863. The Kier molecular flexibility index (Phi) is 7.81. The molecule has 1 aliphatic rings. The summed E-state index contributed by atoms with van der Waals surface area (Å²) >= 11 is 11.3. The highest BCUT2D eigenvalue weighted by atomic mass is 35.5. The Morgan fingerprint density at radius 2 is 1.68 bits per heavy atom. The first-order valence-corrected chi connectivity index (χ1v) is 12.0. The van der Waals surface area contributed by atoms with Crippen LogP contribution in [-0.4, -0.2) is 38.3 Å². The molecule has 1 fully saturated rings. The molecule has 1 saturated heterocycles. The third-order valence-electron chi connectivity index (χ3n) is 4.95. The van der Waals surface area contributed by atoms with Gasteiger partial charge in [0, 0.05) is 16.8 Å². The second kappa shape index (κ2) is 10.9. The Labute approximate surface area is 227 Å². The Hall–Kier alpha value is -3.81. The predicted octanol–water partition coefficient (Wildman–Crippen LogP) is 6.52. The van der Waals surface area contributed by atoms with E-state index in [0.29, 0.717) is 11.3 Å². The van der Waals surface area contributed by atoms with Crippen molar-refractivity contribution < 1.29 is 27.6 Å². The van der Waals surface area contributed by atoms with Crippen LogP contribution in [0, 0.1) is 0 Å². The molecule has 38 heavy (non-hydrogen) atoms. The van der Waals surface area contributed by atoms with E-state index in [1.807, 2.05) is 0 Å². The van der Waals surface area contributed by atoms with E-state index in [1.54, 1.807) is 6.07 Å². The normalized spacial score (nSPS) is 13.8. The highest BCUT2D eigenvalue weighted by Gasteiger charge is 2.41. The number of benzene rings is 1. The summed E-state index contributed by atoms with van der Waals surface area (Å²) in [5.74, 6) is -0.572. The molecular weight excluding hydrogens is 568 g/mol. The fraction of sp³-hybridized carbons (Fsp3) is 0.0870. The predicted molar refractivity (Wildman–Crippen MR) is 137 cm³/mol. The number of anilines is 3. The van der Waals surface area contributed by atoms with Gasteiger partial charge < -0.3 is 5.32 Å². The van der Waals surface area contributed by atoms with Gasteiger partial charge in [-0.1, -0.05) is 29.8 Å². The first-order chi connectivity index (χ1) is 17.9. The number of pyridine rings is 2. The third kappa shape index (κ3) is 6.54. The third-order valence-corrected chi connectivity index (χ3v) is 6.08. The minimum atomic E-state index is -4.47. The Bertz CT molecular complexity index is 1420. The van der Waals surface area contributed by atoms with Crippen LogP contribution in [0.4, 0.5) is 40.0 Å². The maximum atomic E-state index is 13.0. The molecule has 4 rings (SSSR count). The zero-order valence-corrected chi connectivity index (χ0v) is 21.3. The number of carbonyl (C=O) groups is 3. The number of urea groups is 2. The van der Waals surface area contributed by atoms with Crippen LogP contribution >= 0.6 is 35.0 Å². The number of thioether (sulfide) groups is 1. The summed E-state index contributed by atoms with van der Waals surface area (Å²) in [6.07, 6.45) is 1.39. The first-order valence-electron chi connectivity index (χ1n) is 10.5. The first kappa shape index (κ1) is 27.2. The molecule has 5 amide bonds. The van der Waals surface area contributed by atoms with Crippen molar-refractivity contribution >= 4 is 70.1 Å². The molecule has 0 spiro atoms. The van der Waals surface area contributed by atoms with Gasteiger partial charge in [0.2, 0.25) is 0 Å². The molecule has 1 aromatic carbocycles. The molecule has 0 atom stereocenters. The Morgan fingerprint density at radius 3 is 2.32 bits per heavy atom. The number of alkyl halides is 3. The van der Waals surface area contributed by atoms with Gasteiger partial charge in [-0.15, -0.1) is 0 Å². The van der Waals surface area contributed by atoms with Crippen LogP contribution in [0.2, 0.25) is 10.3 Å². The van der Waals surface area contributed by atoms with E-state index >= 15 is 0 Å². The van der Waals surface area contributed by atoms with Gasteiger partial charge in [-0.25, -0.2) is 24.5 Å². The Morgan fingerprint density at radius 1 is 1.03 bits per heavy atom. The summed E-state index contributed by atoms with van der Waals surface area (Å²) in [5.41, 5.74) is -3.69. The van der Waals surface area contributed by atoms with Gasteiger partial charge in [-0.2, -0.15) is 13.2 Å². The molecule has 0 aliphatic carbocycles. The second-order valence-electron chi connectivity index (χ2n) is 7.63. The molecular formula is C23H15Cl2F3N6O3S. The van der Waals surface area contributed by atoms with Gasteiger partial charge >= 0.3 is 17.6 Å². The maximum Gasteiger partial charge on any atom is 0.446 e. The number of hydrogen-bond acceptors (Lipinski definition) is 6. The number of halogens is 5. The zero-order valence-electron chi connectivity index (χ0n) is 18.9. The summed E-state index contributed by atoms with van der Waals surface area (Å²) in [6.45, 7) is 3.59. The highest BCUT2D eigenvalue weighted by molar-refractivity contribution is 8.00. The van der Waals surface area contributed by atoms with Crippen molar-refractivity contribution in [2.75, 3.05) is 15.5 Å². The van der Waals surface area contributed by atoms with Crippen molar-refractivity contribution in [3.05, 3.63) is 82.9 Å². The van der Waals surface area contributed by atoms with Crippen molar-refractivity contribution in [1.82, 2.24) is 14.9 Å². The van der Waals surface area contributed by atoms with Crippen LogP contribution in [0.15, 0.2) is 71.9 Å². The molecule has 0 saturated carbocycles. The van der Waals surface area contributed by atoms with Gasteiger partial charge in [-0.3, -0.25) is 15.0 Å². The number of aromatic nitrogens is 2. The average molecular weight is 583 g/mol. The molecule has 0 unspecified atom stereocenters. The smallest absolute Gasteiger partial charge is 0.307 e. The summed E-state index contributed by atoms with van der Waals surface area (Å²) in [7, 11) is 0. The van der Waals surface area contributed by atoms with E-state index in [2.05, 4.69) is 27.2 Å². The van der Waals surface area contributed by atoms with Gasteiger partial charge in [0.1, 0.15) is 21.8 Å². The van der Waals surface area contributed by atoms with E-state index in [4.69, 9.17) is 23.2 Å². The standard InChI is InChI=1S/C23H15Cl2F3N6O3S/c1-12-20(35)34(15-2-4-16(5-3-15)38-23(26,27)28)22(37)33(12)11-13-6-7-29-19(8-13)32-21(36)30-14-9-17(24)31-18(25)10-14/h2-10H,1,11H2,(H2,29,30,31,32,36). The number of nitrogens with zero attached hydrogens (tertiary/aromatic N) is 4. The molecule has 3 heterocycles. The SMILES string of the molecule is C=C1C(=O)N(c2ccc(SC(F)(F)F)cc2)C(=O)N1Cc1ccnc(NC(=O)Nc2cc(Cl)nc(Cl)c2)c1. The van der Waals surface area contributed by atoms with Crippen LogP contribution in [-0.2, 0) is 11.3 Å². The van der Waals surface area contributed by atoms with Crippen LogP contribution in [0.3, 0.4) is 0 Å². The van der Waals surface area contributed by atoms with Crippen LogP contribution < -0.4 is 15.5 Å². The van der Waals surface area contributed by atoms with Crippen molar-refractivity contribution in [2.24, 2.45) is 0 Å². The van der Waals surface area contributed by atoms with Crippen molar-refractivity contribution in [2.45, 2.75) is 16.9 Å². The molecule has 0 radical (unpaired) electrons. The molecule has 15 heteroatoms. The van der Waals surface area contributed by atoms with E-state index in [1.165, 1.54) is 48.7 Å². The second-order valence-corrected chi connectivity index (χ2v) is 9.54. The van der Waals surface area contributed by atoms with Crippen LogP contribution in [0.1, 0.15) is 5.56 Å². The van der Waals surface area contributed by atoms with Gasteiger partial charge in [0.15, 0.2) is 0 Å². The quantitative estimate of drug-likeness (QED) is 0.148. The number of rotatable bonds is 6. The fourth-order valence-electron chi connectivity index (χ4n) is 3.39. The minimum Gasteiger partial charge on any atom is -0.307 e. The number of imide groups is 1. The molecule has 9 nitrogen and oxygen atoms in total. The van der Waals surface area contributed by atoms with E-state index in [9.17, 15) is 27.6 Å². The van der Waals surface area contributed by atoms with Gasteiger partial charge in [0.05, 0.1) is 12.2 Å². The molecule has 2 aromatic heterocycles. The molecule has 0 bridgehead atoms. The summed E-state index contributed by atoms with van der Waals surface area (Å²) in [4.78, 5) is 47.8. The highest BCUT2D eigenvalue weighted by Crippen LogP contribution is 2.38. The molecule has 3 aromatic rings. The van der Waals surface area contributed by atoms with E-state index in [0.717, 1.165) is 9.80 Å². The number of nitrogens with one attached hydrogen (secondary N) is 2. The molecule has 2 N–H and O–H groups in total. The lowest BCUT2D eigenvalue weighted by atomic mass is 10.2. The lowest BCUT2D eigenvalue weighted by Gasteiger charge is -2.17.